The van der Waals surface area contributed by atoms with Gasteiger partial charge in [-0.05, 0) is 77.1 Å². The van der Waals surface area contributed by atoms with Crippen LogP contribution in [-0.4, -0.2) is 95.7 Å². The van der Waals surface area contributed by atoms with Crippen LogP contribution >= 0.6 is 27.0 Å². The monoisotopic (exact) mass is 1040 g/mol. The van der Waals surface area contributed by atoms with Crippen molar-refractivity contribution in [2.45, 2.75) is 84.3 Å². The molecule has 0 saturated carbocycles. The van der Waals surface area contributed by atoms with Crippen molar-refractivity contribution in [1.82, 2.24) is 20.2 Å². The minimum atomic E-state index is -0.807. The SMILES string of the molecule is CN(C(=O)OCc1ccccc1)[C@H](COC(=O)Nc1cc2ccccc2cn1)CC(=O)OC(C)(C)C.CN[C@H](COC(=O)Nc1cc2ccccc2cn1)CC(=O)OC(C)(C)C.S.S.[CH3-].[Pd]. The molecule has 0 saturated heterocycles. The normalized spacial score (nSPS) is 11.4. The van der Waals surface area contributed by atoms with E-state index in [9.17, 15) is 24.0 Å². The standard InChI is InChI=1S/C27H31N3O6.C19H25N3O4.CH3.Pd.2H2S/c1-27(2,3)36-24(31)15-22(30(4)26(33)35-17-19-10-6-5-7-11-19)18-34-25(32)29-23-14-20-12-8-9-13-21(20)16-28-23;1-19(2,3)26-17(23)10-15(20-4)12-25-18(24)22-16-9-13-7-5-6-8-14(13)11-21-16;;;;/h5-14,16,22H,15,17-18H2,1-4H3,(H,28,29,32);5-9,11,15,20H,10,12H2,1-4H3,(H,21,22,24);1H3;;2*1H2/q;;-1;;;/t22-;15-;;;;/m00..../s1. The van der Waals surface area contributed by atoms with Crippen molar-refractivity contribution in [3.63, 3.8) is 0 Å². The fraction of sp³-hybridized carbons (Fsp3) is 0.362. The number of carbonyl (C=O) groups is 5. The Morgan fingerprint density at radius 3 is 1.50 bits per heavy atom. The summed E-state index contributed by atoms with van der Waals surface area (Å²) in [5.74, 6) is -0.160. The first kappa shape index (κ1) is 60.6. The van der Waals surface area contributed by atoms with Crippen LogP contribution in [0.1, 0.15) is 59.9 Å². The smallest absolute Gasteiger partial charge is 0.412 e. The maximum Gasteiger partial charge on any atom is 0.412 e. The van der Waals surface area contributed by atoms with Gasteiger partial charge in [0.2, 0.25) is 0 Å². The summed E-state index contributed by atoms with van der Waals surface area (Å²) in [5.41, 5.74) is -0.426. The molecule has 2 heterocycles. The Bertz CT molecular complexity index is 2300. The van der Waals surface area contributed by atoms with Gasteiger partial charge in [0, 0.05) is 50.6 Å². The first-order valence-electron chi connectivity index (χ1n) is 20.0. The van der Waals surface area contributed by atoms with Crippen LogP contribution in [0, 0.1) is 7.43 Å². The zero-order valence-corrected chi connectivity index (χ0v) is 42.3. The van der Waals surface area contributed by atoms with Crippen LogP contribution in [0.4, 0.5) is 26.0 Å². The van der Waals surface area contributed by atoms with Gasteiger partial charge in [0.1, 0.15) is 42.7 Å². The van der Waals surface area contributed by atoms with E-state index in [0.717, 1.165) is 27.1 Å². The molecule has 0 spiro atoms. The van der Waals surface area contributed by atoms with E-state index >= 15 is 0 Å². The van der Waals surface area contributed by atoms with Gasteiger partial charge in [0.25, 0.3) is 0 Å². The average molecular weight is 1040 g/mol. The van der Waals surface area contributed by atoms with Gasteiger partial charge >= 0.3 is 30.2 Å². The second kappa shape index (κ2) is 29.2. The molecule has 5 aromatic rings. The third-order valence-corrected chi connectivity index (χ3v) is 8.65. The molecule has 0 bridgehead atoms. The number of likely N-dealkylation sites (N-methyl/N-ethyl adjacent to an activating group) is 2. The summed E-state index contributed by atoms with van der Waals surface area (Å²) < 4.78 is 26.5. The number of rotatable bonds is 14. The van der Waals surface area contributed by atoms with Crippen LogP contribution in [0.5, 0.6) is 0 Å². The Kier molecular flexibility index (Phi) is 26.8. The first-order valence-corrected chi connectivity index (χ1v) is 20.0. The molecule has 2 atom stereocenters. The number of carbonyl (C=O) groups excluding carboxylic acids is 5. The van der Waals surface area contributed by atoms with E-state index in [1.54, 1.807) is 73.1 Å². The van der Waals surface area contributed by atoms with E-state index in [1.807, 2.05) is 78.9 Å². The fourth-order valence-electron chi connectivity index (χ4n) is 5.62. The third kappa shape index (κ3) is 22.2. The molecular formula is C47H63N6O10PdS2-. The summed E-state index contributed by atoms with van der Waals surface area (Å²) >= 11 is 0. The summed E-state index contributed by atoms with van der Waals surface area (Å²) in [6, 6.07) is 26.9. The summed E-state index contributed by atoms with van der Waals surface area (Å²) in [5, 5.41) is 11.9. The Balaban J connectivity index is 0.00000126. The van der Waals surface area contributed by atoms with Gasteiger partial charge in [-0.15, -0.1) is 0 Å². The second-order valence-electron chi connectivity index (χ2n) is 16.2. The molecule has 3 N–H and O–H groups in total. The maximum absolute atomic E-state index is 12.7. The maximum atomic E-state index is 12.7. The molecule has 364 valence electrons. The average Bonchev–Trinajstić information content (AvgIpc) is 3.22. The Labute approximate surface area is 415 Å². The molecule has 0 aliphatic rings. The molecule has 0 fully saturated rings. The molecule has 66 heavy (non-hydrogen) atoms. The van der Waals surface area contributed by atoms with Crippen molar-refractivity contribution in [1.29, 1.82) is 0 Å². The number of anilines is 2. The van der Waals surface area contributed by atoms with E-state index in [0.29, 0.717) is 11.6 Å². The molecule has 3 amide bonds. The second-order valence-corrected chi connectivity index (χ2v) is 16.2. The topological polar surface area (TPSA) is 197 Å². The summed E-state index contributed by atoms with van der Waals surface area (Å²) in [7, 11) is 3.18. The zero-order chi connectivity index (χ0) is 45.3. The van der Waals surface area contributed by atoms with Crippen LogP contribution in [0.2, 0.25) is 0 Å². The molecule has 0 aliphatic carbocycles. The first-order chi connectivity index (χ1) is 29.4. The van der Waals surface area contributed by atoms with E-state index < -0.39 is 41.5 Å². The van der Waals surface area contributed by atoms with Gasteiger partial charge in [0.15, 0.2) is 0 Å². The van der Waals surface area contributed by atoms with Crippen molar-refractivity contribution in [2.24, 2.45) is 0 Å². The number of fused-ring (bicyclic) bond motifs is 2. The number of pyridine rings is 2. The van der Waals surface area contributed by atoms with Crippen LogP contribution in [-0.2, 0) is 60.3 Å². The summed E-state index contributed by atoms with van der Waals surface area (Å²) in [6.07, 6.45) is 1.20. The predicted octanol–water partition coefficient (Wildman–Crippen LogP) is 8.93. The molecule has 2 aromatic heterocycles. The van der Waals surface area contributed by atoms with Crippen LogP contribution in [0.25, 0.3) is 21.5 Å². The molecule has 0 radical (unpaired) electrons. The van der Waals surface area contributed by atoms with Gasteiger partial charge in [-0.2, -0.15) is 27.0 Å². The number of amides is 3. The summed E-state index contributed by atoms with van der Waals surface area (Å²) in [6.45, 7) is 10.5. The zero-order valence-electron chi connectivity index (χ0n) is 38.7. The molecule has 5 rings (SSSR count). The number of esters is 2. The van der Waals surface area contributed by atoms with Crippen LogP contribution in [0.15, 0.2) is 103 Å². The van der Waals surface area contributed by atoms with E-state index in [1.165, 1.54) is 11.9 Å². The van der Waals surface area contributed by atoms with Crippen molar-refractivity contribution in [2.75, 3.05) is 37.9 Å². The molecule has 0 unspecified atom stereocenters. The third-order valence-electron chi connectivity index (χ3n) is 8.65. The molecule has 19 heteroatoms. The minimum absolute atomic E-state index is 0. The quantitative estimate of drug-likeness (QED) is 0.0413. The van der Waals surface area contributed by atoms with Gasteiger partial charge < -0.3 is 41.3 Å². The Hall–Kier alpha value is -5.45. The van der Waals surface area contributed by atoms with Gasteiger partial charge in [-0.1, -0.05) is 78.9 Å². The van der Waals surface area contributed by atoms with E-state index in [-0.39, 0.29) is 99.5 Å². The molecule has 16 nitrogen and oxygen atoms in total. The fourth-order valence-corrected chi connectivity index (χ4v) is 5.62. The minimum Gasteiger partial charge on any atom is -0.460 e. The van der Waals surface area contributed by atoms with Gasteiger partial charge in [-0.3, -0.25) is 20.2 Å². The Morgan fingerprint density at radius 2 is 1.05 bits per heavy atom. The Morgan fingerprint density at radius 1 is 0.621 bits per heavy atom. The number of benzene rings is 3. The molecule has 3 aromatic carbocycles. The van der Waals surface area contributed by atoms with E-state index in [2.05, 4.69) is 25.9 Å². The van der Waals surface area contributed by atoms with Crippen molar-refractivity contribution >= 4 is 90.4 Å². The molecular weight excluding hydrogens is 979 g/mol. The van der Waals surface area contributed by atoms with Crippen molar-refractivity contribution in [3.05, 3.63) is 116 Å². The number of nitrogens with one attached hydrogen (secondary N) is 3. The van der Waals surface area contributed by atoms with Crippen LogP contribution in [0.3, 0.4) is 0 Å². The van der Waals surface area contributed by atoms with E-state index in [4.69, 9.17) is 23.7 Å². The summed E-state index contributed by atoms with van der Waals surface area (Å²) in [4.78, 5) is 71.0. The number of hydrogen-bond acceptors (Lipinski definition) is 13. The largest absolute Gasteiger partial charge is 0.460 e. The van der Waals surface area contributed by atoms with Crippen LogP contribution < -0.4 is 16.0 Å². The number of aromatic nitrogens is 2. The van der Waals surface area contributed by atoms with Gasteiger partial charge in [0.05, 0.1) is 24.9 Å². The number of hydrogen-bond donors (Lipinski definition) is 3. The molecule has 0 aliphatic heterocycles. The predicted molar refractivity (Wildman–Crippen MR) is 263 cm³/mol. The van der Waals surface area contributed by atoms with Crippen molar-refractivity contribution < 1.29 is 68.1 Å². The van der Waals surface area contributed by atoms with Gasteiger partial charge in [-0.25, -0.2) is 24.4 Å². The number of ether oxygens (including phenoxy) is 5. The van der Waals surface area contributed by atoms with Crippen molar-refractivity contribution in [3.8, 4) is 0 Å². The number of nitrogens with zero attached hydrogens (tertiary/aromatic N) is 3.